The van der Waals surface area contributed by atoms with Crippen molar-refractivity contribution in [3.63, 3.8) is 0 Å². The van der Waals surface area contributed by atoms with Gasteiger partial charge in [0.2, 0.25) is 0 Å². The number of ether oxygens (including phenoxy) is 1. The standard InChI is InChI=1S/C30H21NO/c1-4-12-21(13-5-1)25-20-26-24-18-10-11-19-27(24)31-29(26)30(32-23-16-8-3-9-17-23)28(25)22-14-6-2-7-15-22/h1-20,31H. The molecule has 6 rings (SSSR count). The number of hydrogen-bond acceptors (Lipinski definition) is 1. The number of aromatic amines is 1. The second kappa shape index (κ2) is 7.75. The number of para-hydroxylation sites is 2. The van der Waals surface area contributed by atoms with Gasteiger partial charge in [-0.1, -0.05) is 97.1 Å². The summed E-state index contributed by atoms with van der Waals surface area (Å²) in [5.41, 5.74) is 6.63. The molecule has 152 valence electrons. The fraction of sp³-hybridized carbons (Fsp3) is 0. The van der Waals surface area contributed by atoms with Crippen LogP contribution in [0.4, 0.5) is 0 Å². The van der Waals surface area contributed by atoms with Gasteiger partial charge in [0, 0.05) is 21.9 Å². The molecule has 32 heavy (non-hydrogen) atoms. The largest absolute Gasteiger partial charge is 0.454 e. The lowest BCUT2D eigenvalue weighted by molar-refractivity contribution is 0.489. The quantitative estimate of drug-likeness (QED) is 0.309. The van der Waals surface area contributed by atoms with Crippen molar-refractivity contribution in [3.8, 4) is 33.8 Å². The van der Waals surface area contributed by atoms with Gasteiger partial charge in [-0.2, -0.15) is 0 Å². The van der Waals surface area contributed by atoms with E-state index in [1.54, 1.807) is 0 Å². The number of rotatable bonds is 4. The summed E-state index contributed by atoms with van der Waals surface area (Å²) in [4.78, 5) is 3.63. The fourth-order valence-electron chi connectivity index (χ4n) is 4.40. The zero-order valence-electron chi connectivity index (χ0n) is 17.5. The van der Waals surface area contributed by atoms with Gasteiger partial charge < -0.3 is 9.72 Å². The van der Waals surface area contributed by atoms with Gasteiger partial charge in [-0.3, -0.25) is 0 Å². The summed E-state index contributed by atoms with van der Waals surface area (Å²) in [5.74, 6) is 1.66. The first-order valence-electron chi connectivity index (χ1n) is 10.8. The molecule has 1 aromatic heterocycles. The number of benzene rings is 5. The maximum Gasteiger partial charge on any atom is 0.159 e. The van der Waals surface area contributed by atoms with Crippen LogP contribution in [0.3, 0.4) is 0 Å². The maximum absolute atomic E-state index is 6.64. The maximum atomic E-state index is 6.64. The predicted molar refractivity (Wildman–Crippen MR) is 133 cm³/mol. The van der Waals surface area contributed by atoms with Gasteiger partial charge >= 0.3 is 0 Å². The van der Waals surface area contributed by atoms with Crippen molar-refractivity contribution in [2.45, 2.75) is 0 Å². The van der Waals surface area contributed by atoms with Gasteiger partial charge in [0.25, 0.3) is 0 Å². The molecule has 0 aliphatic heterocycles. The van der Waals surface area contributed by atoms with E-state index in [0.29, 0.717) is 0 Å². The van der Waals surface area contributed by atoms with Crippen molar-refractivity contribution in [1.82, 2.24) is 4.98 Å². The third-order valence-electron chi connectivity index (χ3n) is 5.87. The zero-order chi connectivity index (χ0) is 21.3. The smallest absolute Gasteiger partial charge is 0.159 e. The molecule has 2 heteroatoms. The van der Waals surface area contributed by atoms with Gasteiger partial charge in [0.05, 0.1) is 5.52 Å². The van der Waals surface area contributed by atoms with Crippen molar-refractivity contribution in [1.29, 1.82) is 0 Å². The van der Waals surface area contributed by atoms with Gasteiger partial charge in [-0.15, -0.1) is 0 Å². The highest BCUT2D eigenvalue weighted by atomic mass is 16.5. The molecule has 0 saturated heterocycles. The Bertz CT molecular complexity index is 1520. The molecular weight excluding hydrogens is 390 g/mol. The molecule has 1 N–H and O–H groups in total. The Morgan fingerprint density at radius 2 is 1.12 bits per heavy atom. The van der Waals surface area contributed by atoms with Crippen LogP contribution in [0.2, 0.25) is 0 Å². The van der Waals surface area contributed by atoms with Crippen LogP contribution < -0.4 is 4.74 Å². The van der Waals surface area contributed by atoms with Gasteiger partial charge in [0.1, 0.15) is 5.75 Å². The summed E-state index contributed by atoms with van der Waals surface area (Å²) in [6.07, 6.45) is 0. The highest BCUT2D eigenvalue weighted by molar-refractivity contribution is 6.14. The van der Waals surface area contributed by atoms with E-state index in [4.69, 9.17) is 4.74 Å². The van der Waals surface area contributed by atoms with Crippen LogP contribution in [0.1, 0.15) is 0 Å². The lowest BCUT2D eigenvalue weighted by atomic mass is 9.91. The van der Waals surface area contributed by atoms with E-state index in [0.717, 1.165) is 50.2 Å². The Kier molecular flexibility index (Phi) is 4.47. The molecule has 1 heterocycles. The molecule has 0 spiro atoms. The summed E-state index contributed by atoms with van der Waals surface area (Å²) in [6, 6.07) is 41.8. The summed E-state index contributed by atoms with van der Waals surface area (Å²) in [6.45, 7) is 0. The lowest BCUT2D eigenvalue weighted by Crippen LogP contribution is -1.94. The summed E-state index contributed by atoms with van der Waals surface area (Å²) in [7, 11) is 0. The Morgan fingerprint density at radius 1 is 0.531 bits per heavy atom. The van der Waals surface area contributed by atoms with E-state index in [2.05, 4.69) is 89.9 Å². The van der Waals surface area contributed by atoms with Gasteiger partial charge in [0.15, 0.2) is 5.75 Å². The lowest BCUT2D eigenvalue weighted by Gasteiger charge is -2.18. The van der Waals surface area contributed by atoms with E-state index < -0.39 is 0 Å². The number of H-pyrrole nitrogens is 1. The van der Waals surface area contributed by atoms with E-state index in [-0.39, 0.29) is 0 Å². The summed E-state index contributed by atoms with van der Waals surface area (Å²) in [5, 5.41) is 2.35. The molecule has 0 fully saturated rings. The first-order chi connectivity index (χ1) is 15.9. The van der Waals surface area contributed by atoms with Crippen LogP contribution >= 0.6 is 0 Å². The molecule has 0 unspecified atom stereocenters. The summed E-state index contributed by atoms with van der Waals surface area (Å²) < 4.78 is 6.64. The minimum absolute atomic E-state index is 0.815. The molecule has 0 aliphatic carbocycles. The molecular formula is C30H21NO. The molecule has 0 radical (unpaired) electrons. The molecule has 0 aliphatic rings. The van der Waals surface area contributed by atoms with E-state index in [9.17, 15) is 0 Å². The monoisotopic (exact) mass is 411 g/mol. The SMILES string of the molecule is c1ccc(Oc2c(-c3ccccc3)c(-c3ccccc3)cc3c2[nH]c2ccccc23)cc1. The first-order valence-corrected chi connectivity index (χ1v) is 10.8. The third kappa shape index (κ3) is 3.14. The number of nitrogens with one attached hydrogen (secondary N) is 1. The van der Waals surface area contributed by atoms with E-state index in [1.807, 2.05) is 36.4 Å². The average Bonchev–Trinajstić information content (AvgIpc) is 3.24. The second-order valence-corrected chi connectivity index (χ2v) is 7.87. The molecule has 0 atom stereocenters. The van der Waals surface area contributed by atoms with Crippen molar-refractivity contribution in [3.05, 3.63) is 121 Å². The normalized spacial score (nSPS) is 11.1. The Morgan fingerprint density at radius 3 is 1.84 bits per heavy atom. The minimum atomic E-state index is 0.815. The zero-order valence-corrected chi connectivity index (χ0v) is 17.5. The third-order valence-corrected chi connectivity index (χ3v) is 5.87. The van der Waals surface area contributed by atoms with Crippen LogP contribution in [0, 0.1) is 0 Å². The first kappa shape index (κ1) is 18.5. The number of fused-ring (bicyclic) bond motifs is 3. The predicted octanol–water partition coefficient (Wildman–Crippen LogP) is 8.45. The van der Waals surface area contributed by atoms with Crippen molar-refractivity contribution >= 4 is 21.8 Å². The number of aromatic nitrogens is 1. The van der Waals surface area contributed by atoms with Gasteiger partial charge in [-0.05, 0) is 41.0 Å². The molecule has 0 saturated carbocycles. The van der Waals surface area contributed by atoms with Gasteiger partial charge in [-0.25, -0.2) is 0 Å². The molecule has 6 aromatic rings. The van der Waals surface area contributed by atoms with E-state index >= 15 is 0 Å². The van der Waals surface area contributed by atoms with Crippen molar-refractivity contribution in [2.75, 3.05) is 0 Å². The van der Waals surface area contributed by atoms with Crippen molar-refractivity contribution < 1.29 is 4.74 Å². The Balaban J connectivity index is 1.76. The fourth-order valence-corrected chi connectivity index (χ4v) is 4.40. The highest BCUT2D eigenvalue weighted by Gasteiger charge is 2.21. The van der Waals surface area contributed by atoms with Crippen molar-refractivity contribution in [2.24, 2.45) is 0 Å². The van der Waals surface area contributed by atoms with Crippen LogP contribution in [0.25, 0.3) is 44.1 Å². The molecule has 2 nitrogen and oxygen atoms in total. The molecule has 0 bridgehead atoms. The highest BCUT2D eigenvalue weighted by Crippen LogP contribution is 2.47. The summed E-state index contributed by atoms with van der Waals surface area (Å²) >= 11 is 0. The van der Waals surface area contributed by atoms with Crippen LogP contribution in [0.5, 0.6) is 11.5 Å². The minimum Gasteiger partial charge on any atom is -0.454 e. The average molecular weight is 412 g/mol. The topological polar surface area (TPSA) is 25.0 Å². The Hall–Kier alpha value is -4.30. The number of hydrogen-bond donors (Lipinski definition) is 1. The van der Waals surface area contributed by atoms with Crippen LogP contribution in [-0.4, -0.2) is 4.98 Å². The van der Waals surface area contributed by atoms with Crippen LogP contribution in [-0.2, 0) is 0 Å². The second-order valence-electron chi connectivity index (χ2n) is 7.87. The van der Waals surface area contributed by atoms with E-state index in [1.165, 1.54) is 5.39 Å². The Labute approximate surface area is 186 Å². The molecule has 5 aromatic carbocycles. The van der Waals surface area contributed by atoms with Crippen LogP contribution in [0.15, 0.2) is 121 Å². The molecule has 0 amide bonds.